The number of benzene rings is 1. The van der Waals surface area contributed by atoms with Crippen LogP contribution < -0.4 is 5.73 Å². The smallest absolute Gasteiger partial charge is 0.0178 e. The van der Waals surface area contributed by atoms with Gasteiger partial charge in [0.1, 0.15) is 0 Å². The predicted molar refractivity (Wildman–Crippen MR) is 99.0 cm³/mol. The first-order valence-electron chi connectivity index (χ1n) is 10.4. The second-order valence-electron chi connectivity index (χ2n) is 9.02. The fourth-order valence-corrected chi connectivity index (χ4v) is 6.49. The molecule has 2 saturated carbocycles. The highest BCUT2D eigenvalue weighted by Crippen LogP contribution is 2.56. The van der Waals surface area contributed by atoms with E-state index in [1.54, 1.807) is 11.1 Å². The van der Waals surface area contributed by atoms with Crippen molar-refractivity contribution < 1.29 is 0 Å². The summed E-state index contributed by atoms with van der Waals surface area (Å²) < 4.78 is 0. The molecule has 0 unspecified atom stereocenters. The normalized spacial score (nSPS) is 35.9. The van der Waals surface area contributed by atoms with Gasteiger partial charge in [0.15, 0.2) is 0 Å². The molecule has 1 aromatic rings. The molecule has 2 heteroatoms. The van der Waals surface area contributed by atoms with Gasteiger partial charge in [0.05, 0.1) is 0 Å². The average molecular weight is 325 g/mol. The van der Waals surface area contributed by atoms with Crippen molar-refractivity contribution in [2.45, 2.75) is 75.8 Å². The van der Waals surface area contributed by atoms with Crippen LogP contribution in [-0.4, -0.2) is 24.0 Å². The maximum Gasteiger partial charge on any atom is 0.0178 e. The third kappa shape index (κ3) is 2.22. The first-order valence-corrected chi connectivity index (χ1v) is 10.4. The van der Waals surface area contributed by atoms with Crippen molar-refractivity contribution >= 4 is 0 Å². The lowest BCUT2D eigenvalue weighted by Crippen LogP contribution is -2.61. The summed E-state index contributed by atoms with van der Waals surface area (Å²) in [6.45, 7) is 3.41. The minimum Gasteiger partial charge on any atom is -0.326 e. The Morgan fingerprint density at radius 1 is 1.08 bits per heavy atom. The van der Waals surface area contributed by atoms with E-state index in [4.69, 9.17) is 5.73 Å². The van der Waals surface area contributed by atoms with Crippen LogP contribution >= 0.6 is 0 Å². The highest BCUT2D eigenvalue weighted by atomic mass is 15.2. The summed E-state index contributed by atoms with van der Waals surface area (Å²) in [6.07, 6.45) is 12.9. The fraction of sp³-hybridized carbons (Fsp3) is 0.727. The van der Waals surface area contributed by atoms with Crippen LogP contribution in [0.25, 0.3) is 0 Å². The van der Waals surface area contributed by atoms with E-state index in [-0.39, 0.29) is 0 Å². The second kappa shape index (κ2) is 5.85. The van der Waals surface area contributed by atoms with Crippen molar-refractivity contribution in [2.24, 2.45) is 17.6 Å². The molecule has 5 rings (SSSR count). The summed E-state index contributed by atoms with van der Waals surface area (Å²) in [4.78, 5) is 2.91. The van der Waals surface area contributed by atoms with Gasteiger partial charge in [-0.25, -0.2) is 0 Å². The lowest BCUT2D eigenvalue weighted by molar-refractivity contribution is -0.0240. The number of hydrogen-bond acceptors (Lipinski definition) is 2. The average Bonchev–Trinajstić information content (AvgIpc) is 2.59. The van der Waals surface area contributed by atoms with Crippen molar-refractivity contribution in [3.63, 3.8) is 0 Å². The van der Waals surface area contributed by atoms with Crippen LogP contribution in [0.2, 0.25) is 0 Å². The van der Waals surface area contributed by atoms with E-state index in [2.05, 4.69) is 23.1 Å². The maximum atomic E-state index is 5.97. The summed E-state index contributed by atoms with van der Waals surface area (Å²) in [5.41, 5.74) is 11.1. The van der Waals surface area contributed by atoms with Gasteiger partial charge >= 0.3 is 0 Å². The van der Waals surface area contributed by atoms with Crippen LogP contribution in [0.4, 0.5) is 0 Å². The molecule has 2 bridgehead atoms. The van der Waals surface area contributed by atoms with Gasteiger partial charge < -0.3 is 5.73 Å². The maximum absolute atomic E-state index is 5.97. The van der Waals surface area contributed by atoms with E-state index in [0.29, 0.717) is 12.0 Å². The summed E-state index contributed by atoms with van der Waals surface area (Å²) in [5, 5.41) is 0. The molecule has 0 spiro atoms. The van der Waals surface area contributed by atoms with Crippen molar-refractivity contribution in [1.29, 1.82) is 0 Å². The molecular weight excluding hydrogens is 292 g/mol. The SMILES string of the molecule is NCc1ccc2c(c1)[C@]13CCCC[C@H]1[C@H](C2)N(CC1CCC1)CC3. The molecule has 3 fully saturated rings. The second-order valence-corrected chi connectivity index (χ2v) is 9.02. The van der Waals surface area contributed by atoms with Crippen LogP contribution in [0.15, 0.2) is 18.2 Å². The Kier molecular flexibility index (Phi) is 3.75. The van der Waals surface area contributed by atoms with Gasteiger partial charge in [0, 0.05) is 24.5 Å². The Hall–Kier alpha value is -0.860. The van der Waals surface area contributed by atoms with Crippen molar-refractivity contribution in [3.8, 4) is 0 Å². The van der Waals surface area contributed by atoms with Gasteiger partial charge in [0.25, 0.3) is 0 Å². The minimum absolute atomic E-state index is 0.484. The number of hydrogen-bond donors (Lipinski definition) is 1. The van der Waals surface area contributed by atoms with Gasteiger partial charge in [-0.15, -0.1) is 0 Å². The van der Waals surface area contributed by atoms with E-state index in [9.17, 15) is 0 Å². The number of nitrogens with zero attached hydrogens (tertiary/aromatic N) is 1. The lowest BCUT2D eigenvalue weighted by atomic mass is 9.52. The highest BCUT2D eigenvalue weighted by molar-refractivity contribution is 5.43. The first-order chi connectivity index (χ1) is 11.8. The number of fused-ring (bicyclic) bond motifs is 1. The van der Waals surface area contributed by atoms with Crippen LogP contribution in [0, 0.1) is 11.8 Å². The number of piperidine rings is 1. The van der Waals surface area contributed by atoms with E-state index in [0.717, 1.165) is 17.9 Å². The molecule has 3 aliphatic carbocycles. The van der Waals surface area contributed by atoms with Crippen molar-refractivity contribution in [1.82, 2.24) is 4.90 Å². The fourth-order valence-electron chi connectivity index (χ4n) is 6.49. The van der Waals surface area contributed by atoms with Gasteiger partial charge in [-0.3, -0.25) is 4.90 Å². The summed E-state index contributed by atoms with van der Waals surface area (Å²) >= 11 is 0. The zero-order valence-corrected chi connectivity index (χ0v) is 15.0. The summed E-state index contributed by atoms with van der Waals surface area (Å²) in [5.74, 6) is 1.91. The molecule has 4 aliphatic rings. The molecule has 0 amide bonds. The Bertz CT molecular complexity index is 620. The molecule has 2 nitrogen and oxygen atoms in total. The molecule has 2 N–H and O–H groups in total. The van der Waals surface area contributed by atoms with Crippen molar-refractivity contribution in [3.05, 3.63) is 34.9 Å². The van der Waals surface area contributed by atoms with Gasteiger partial charge in [-0.2, -0.15) is 0 Å². The van der Waals surface area contributed by atoms with Crippen LogP contribution in [0.5, 0.6) is 0 Å². The molecule has 0 aromatic heterocycles. The Labute approximate surface area is 146 Å². The van der Waals surface area contributed by atoms with E-state index in [1.807, 2.05) is 0 Å². The molecule has 1 heterocycles. The van der Waals surface area contributed by atoms with E-state index >= 15 is 0 Å². The van der Waals surface area contributed by atoms with E-state index < -0.39 is 0 Å². The third-order valence-corrected chi connectivity index (χ3v) is 7.97. The molecule has 1 aromatic carbocycles. The molecule has 0 radical (unpaired) electrons. The zero-order valence-electron chi connectivity index (χ0n) is 15.0. The van der Waals surface area contributed by atoms with Crippen LogP contribution in [0.1, 0.15) is 68.1 Å². The van der Waals surface area contributed by atoms with Gasteiger partial charge in [-0.05, 0) is 73.6 Å². The number of rotatable bonds is 3. The number of nitrogens with two attached hydrogens (primary N) is 1. The lowest BCUT2D eigenvalue weighted by Gasteiger charge is -2.59. The van der Waals surface area contributed by atoms with Gasteiger partial charge in [0.2, 0.25) is 0 Å². The standard InChI is InChI=1S/C22H32N2/c23-14-17-7-8-18-13-21-19-6-1-2-9-22(19,20(18)12-17)10-11-24(21)15-16-4-3-5-16/h7-8,12,16,19,21H,1-6,9-11,13-15,23H2/t19-,21-,22-/m0/s1. The van der Waals surface area contributed by atoms with Crippen LogP contribution in [-0.2, 0) is 18.4 Å². The summed E-state index contributed by atoms with van der Waals surface area (Å²) in [7, 11) is 0. The number of likely N-dealkylation sites (tertiary alicyclic amines) is 1. The Morgan fingerprint density at radius 2 is 2.00 bits per heavy atom. The predicted octanol–water partition coefficient (Wildman–Crippen LogP) is 4.00. The largest absolute Gasteiger partial charge is 0.326 e. The molecule has 3 atom stereocenters. The first kappa shape index (κ1) is 15.4. The van der Waals surface area contributed by atoms with Crippen LogP contribution in [0.3, 0.4) is 0 Å². The van der Waals surface area contributed by atoms with Gasteiger partial charge in [-0.1, -0.05) is 37.5 Å². The zero-order chi connectivity index (χ0) is 16.1. The summed E-state index contributed by atoms with van der Waals surface area (Å²) in [6, 6.07) is 8.01. The Balaban J connectivity index is 1.53. The topological polar surface area (TPSA) is 29.3 Å². The molecule has 130 valence electrons. The monoisotopic (exact) mass is 324 g/mol. The minimum atomic E-state index is 0.484. The Morgan fingerprint density at radius 3 is 2.79 bits per heavy atom. The molecule has 1 saturated heterocycles. The van der Waals surface area contributed by atoms with E-state index in [1.165, 1.54) is 76.4 Å². The quantitative estimate of drug-likeness (QED) is 0.910. The molecular formula is C22H32N2. The highest BCUT2D eigenvalue weighted by Gasteiger charge is 2.53. The molecule has 24 heavy (non-hydrogen) atoms. The molecule has 1 aliphatic heterocycles. The third-order valence-electron chi connectivity index (χ3n) is 7.97. The van der Waals surface area contributed by atoms with Crippen molar-refractivity contribution in [2.75, 3.05) is 13.1 Å².